The monoisotopic (exact) mass is 245 g/mol. The molecule has 0 bridgehead atoms. The van der Waals surface area contributed by atoms with E-state index in [1.54, 1.807) is 13.3 Å². The van der Waals surface area contributed by atoms with Crippen LogP contribution in [0.5, 0.6) is 5.75 Å². The minimum Gasteiger partial charge on any atom is -0.497 e. The molecule has 0 fully saturated rings. The lowest BCUT2D eigenvalue weighted by atomic mass is 10.0. The van der Waals surface area contributed by atoms with Gasteiger partial charge < -0.3 is 4.74 Å². The Balaban J connectivity index is 1.79. The molecule has 0 atom stereocenters. The number of unbranched alkanes of at least 4 members (excludes halogenated alkanes) is 1. The summed E-state index contributed by atoms with van der Waals surface area (Å²) >= 11 is 0. The summed E-state index contributed by atoms with van der Waals surface area (Å²) in [6.07, 6.45) is 6.19. The van der Waals surface area contributed by atoms with Crippen LogP contribution in [-0.2, 0) is 12.8 Å². The Morgan fingerprint density at radius 2 is 2.06 bits per heavy atom. The molecule has 1 aromatic heterocycles. The highest BCUT2D eigenvalue weighted by Crippen LogP contribution is 2.18. The molecule has 0 unspecified atom stereocenters. The third-order valence-corrected chi connectivity index (χ3v) is 3.14. The number of methoxy groups -OCH3 is 1. The van der Waals surface area contributed by atoms with Gasteiger partial charge in [0.2, 0.25) is 0 Å². The molecule has 1 aromatic carbocycles. The molecule has 0 aliphatic heterocycles. The Kier molecular flexibility index (Phi) is 4.34. The molecule has 0 amide bonds. The smallest absolute Gasteiger partial charge is 0.119 e. The van der Waals surface area contributed by atoms with Crippen LogP contribution in [0.2, 0.25) is 0 Å². The molecule has 96 valence electrons. The van der Waals surface area contributed by atoms with Gasteiger partial charge in [-0.25, -0.2) is 0 Å². The highest BCUT2D eigenvalue weighted by molar-refractivity contribution is 5.34. The van der Waals surface area contributed by atoms with Crippen LogP contribution in [0.25, 0.3) is 0 Å². The average Bonchev–Trinajstić information content (AvgIpc) is 2.89. The summed E-state index contributed by atoms with van der Waals surface area (Å²) in [5, 5.41) is 10.5. The van der Waals surface area contributed by atoms with E-state index in [-0.39, 0.29) is 0 Å². The lowest BCUT2D eigenvalue weighted by Crippen LogP contribution is -1.93. The van der Waals surface area contributed by atoms with E-state index in [0.29, 0.717) is 0 Å². The van der Waals surface area contributed by atoms with Crippen molar-refractivity contribution in [3.05, 3.63) is 41.2 Å². The largest absolute Gasteiger partial charge is 0.497 e. The predicted molar refractivity (Wildman–Crippen MR) is 70.8 cm³/mol. The van der Waals surface area contributed by atoms with E-state index in [0.717, 1.165) is 30.7 Å². The summed E-state index contributed by atoms with van der Waals surface area (Å²) in [6.45, 7) is 2.13. The molecule has 4 heteroatoms. The zero-order valence-electron chi connectivity index (χ0n) is 10.9. The molecule has 2 aromatic rings. The van der Waals surface area contributed by atoms with Gasteiger partial charge in [0.15, 0.2) is 0 Å². The number of benzene rings is 1. The van der Waals surface area contributed by atoms with Crippen molar-refractivity contribution in [1.29, 1.82) is 0 Å². The Bertz CT molecular complexity index is 480. The van der Waals surface area contributed by atoms with Crippen molar-refractivity contribution in [2.75, 3.05) is 7.11 Å². The number of hydrogen-bond donors (Lipinski definition) is 1. The van der Waals surface area contributed by atoms with E-state index in [4.69, 9.17) is 4.74 Å². The van der Waals surface area contributed by atoms with Crippen LogP contribution in [0, 0.1) is 6.92 Å². The Hall–Kier alpha value is -1.84. The third kappa shape index (κ3) is 3.32. The predicted octanol–water partition coefficient (Wildman–Crippen LogP) is 2.69. The topological polar surface area (TPSA) is 50.8 Å². The van der Waals surface area contributed by atoms with E-state index >= 15 is 0 Å². The number of aromatic nitrogens is 3. The molecule has 0 radical (unpaired) electrons. The van der Waals surface area contributed by atoms with E-state index in [1.807, 2.05) is 6.07 Å². The number of ether oxygens (including phenoxy) is 1. The van der Waals surface area contributed by atoms with Gasteiger partial charge in [-0.05, 0) is 55.9 Å². The summed E-state index contributed by atoms with van der Waals surface area (Å²) < 4.78 is 5.21. The molecule has 1 N–H and O–H groups in total. The number of aryl methyl sites for hydroxylation is 3. The fourth-order valence-electron chi connectivity index (χ4n) is 2.04. The number of aromatic amines is 1. The lowest BCUT2D eigenvalue weighted by molar-refractivity contribution is 0.414. The van der Waals surface area contributed by atoms with Crippen LogP contribution >= 0.6 is 0 Å². The summed E-state index contributed by atoms with van der Waals surface area (Å²) in [4.78, 5) is 0. The number of nitrogens with zero attached hydrogens (tertiary/aromatic N) is 2. The van der Waals surface area contributed by atoms with Gasteiger partial charge in [0.1, 0.15) is 5.75 Å². The van der Waals surface area contributed by atoms with Crippen molar-refractivity contribution in [3.63, 3.8) is 0 Å². The standard InChI is InChI=1S/C14H19N3O/c1-11-9-14(18-2)8-7-12(11)5-3-4-6-13-10-15-17-16-13/h7-10H,3-6H2,1-2H3,(H,15,16,17). The van der Waals surface area contributed by atoms with Gasteiger partial charge in [0.25, 0.3) is 0 Å². The molecule has 18 heavy (non-hydrogen) atoms. The Labute approximate surface area is 107 Å². The van der Waals surface area contributed by atoms with E-state index in [9.17, 15) is 0 Å². The first kappa shape index (κ1) is 12.6. The Morgan fingerprint density at radius 3 is 2.72 bits per heavy atom. The van der Waals surface area contributed by atoms with Crippen LogP contribution in [0.4, 0.5) is 0 Å². The number of rotatable bonds is 6. The Morgan fingerprint density at radius 1 is 1.22 bits per heavy atom. The molecule has 0 aliphatic carbocycles. The highest BCUT2D eigenvalue weighted by atomic mass is 16.5. The van der Waals surface area contributed by atoms with Gasteiger partial charge in [-0.15, -0.1) is 0 Å². The maximum atomic E-state index is 5.21. The minimum absolute atomic E-state index is 0.929. The van der Waals surface area contributed by atoms with Gasteiger partial charge in [0, 0.05) is 0 Å². The number of nitrogens with one attached hydrogen (secondary N) is 1. The van der Waals surface area contributed by atoms with Crippen LogP contribution in [0.15, 0.2) is 24.4 Å². The summed E-state index contributed by atoms with van der Waals surface area (Å²) in [5.74, 6) is 0.929. The molecular weight excluding hydrogens is 226 g/mol. The first-order valence-corrected chi connectivity index (χ1v) is 6.28. The van der Waals surface area contributed by atoms with Gasteiger partial charge in [-0.2, -0.15) is 15.4 Å². The lowest BCUT2D eigenvalue weighted by Gasteiger charge is -2.07. The SMILES string of the molecule is COc1ccc(CCCCc2cn[nH]n2)c(C)c1. The van der Waals surface area contributed by atoms with Gasteiger partial charge in [0.05, 0.1) is 19.0 Å². The fourth-order valence-corrected chi connectivity index (χ4v) is 2.04. The molecular formula is C14H19N3O. The van der Waals surface area contributed by atoms with Crippen molar-refractivity contribution in [2.45, 2.75) is 32.6 Å². The molecule has 1 heterocycles. The second-order valence-corrected chi connectivity index (χ2v) is 4.46. The molecule has 0 saturated heterocycles. The zero-order chi connectivity index (χ0) is 12.8. The van der Waals surface area contributed by atoms with Gasteiger partial charge >= 0.3 is 0 Å². The molecule has 0 aliphatic rings. The number of H-pyrrole nitrogens is 1. The normalized spacial score (nSPS) is 10.6. The first-order valence-electron chi connectivity index (χ1n) is 6.28. The fraction of sp³-hybridized carbons (Fsp3) is 0.429. The van der Waals surface area contributed by atoms with E-state index < -0.39 is 0 Å². The van der Waals surface area contributed by atoms with Gasteiger partial charge in [-0.3, -0.25) is 0 Å². The summed E-state index contributed by atoms with van der Waals surface area (Å²) in [6, 6.07) is 6.27. The van der Waals surface area contributed by atoms with Crippen molar-refractivity contribution in [2.24, 2.45) is 0 Å². The first-order chi connectivity index (χ1) is 8.79. The molecule has 4 nitrogen and oxygen atoms in total. The second-order valence-electron chi connectivity index (χ2n) is 4.46. The van der Waals surface area contributed by atoms with Crippen molar-refractivity contribution >= 4 is 0 Å². The maximum Gasteiger partial charge on any atom is 0.119 e. The van der Waals surface area contributed by atoms with E-state index in [2.05, 4.69) is 34.5 Å². The zero-order valence-corrected chi connectivity index (χ0v) is 10.9. The number of hydrogen-bond acceptors (Lipinski definition) is 3. The van der Waals surface area contributed by atoms with Gasteiger partial charge in [-0.1, -0.05) is 6.07 Å². The third-order valence-electron chi connectivity index (χ3n) is 3.14. The van der Waals surface area contributed by atoms with Crippen LogP contribution in [-0.4, -0.2) is 22.5 Å². The van der Waals surface area contributed by atoms with E-state index in [1.165, 1.54) is 17.5 Å². The maximum absolute atomic E-state index is 5.21. The minimum atomic E-state index is 0.929. The summed E-state index contributed by atoms with van der Waals surface area (Å²) in [7, 11) is 1.70. The molecule has 0 spiro atoms. The van der Waals surface area contributed by atoms with Crippen molar-refractivity contribution in [3.8, 4) is 5.75 Å². The highest BCUT2D eigenvalue weighted by Gasteiger charge is 2.01. The molecule has 2 rings (SSSR count). The van der Waals surface area contributed by atoms with Crippen LogP contribution in [0.3, 0.4) is 0 Å². The van der Waals surface area contributed by atoms with Crippen LogP contribution in [0.1, 0.15) is 29.7 Å². The quantitative estimate of drug-likeness (QED) is 0.796. The van der Waals surface area contributed by atoms with Crippen molar-refractivity contribution < 1.29 is 4.74 Å². The van der Waals surface area contributed by atoms with Crippen LogP contribution < -0.4 is 4.74 Å². The van der Waals surface area contributed by atoms with Crippen molar-refractivity contribution in [1.82, 2.24) is 15.4 Å². The molecule has 0 saturated carbocycles. The summed E-state index contributed by atoms with van der Waals surface area (Å²) in [5.41, 5.74) is 3.74. The average molecular weight is 245 g/mol. The second kappa shape index (κ2) is 6.19.